The van der Waals surface area contributed by atoms with Gasteiger partial charge in [0.05, 0.1) is 12.8 Å². The average molecular weight is 303 g/mol. The molecule has 0 unspecified atom stereocenters. The van der Waals surface area contributed by atoms with Crippen LogP contribution >= 0.6 is 0 Å². The van der Waals surface area contributed by atoms with Gasteiger partial charge in [0.25, 0.3) is 0 Å². The van der Waals surface area contributed by atoms with Gasteiger partial charge >= 0.3 is 5.97 Å². The van der Waals surface area contributed by atoms with Crippen molar-refractivity contribution in [1.29, 1.82) is 0 Å². The van der Waals surface area contributed by atoms with Crippen LogP contribution in [0.2, 0.25) is 0 Å². The summed E-state index contributed by atoms with van der Waals surface area (Å²) in [6, 6.07) is 18.4. The molecule has 1 heterocycles. The summed E-state index contributed by atoms with van der Waals surface area (Å²) in [4.78, 5) is 15.6. The molecule has 114 valence electrons. The van der Waals surface area contributed by atoms with Crippen LogP contribution in [0.3, 0.4) is 0 Å². The zero-order valence-corrected chi connectivity index (χ0v) is 12.9. The topological polar surface area (TPSA) is 42.1 Å². The van der Waals surface area contributed by atoms with E-state index in [0.29, 0.717) is 5.69 Å². The number of aryl methyl sites for hydroxylation is 1. The number of ether oxygens (including phenoxy) is 1. The molecular weight excluding hydrogens is 286 g/mol. The molecule has 1 aromatic heterocycles. The number of carbonyl (C=O) groups is 1. The van der Waals surface area contributed by atoms with Crippen LogP contribution < -0.4 is 0 Å². The van der Waals surface area contributed by atoms with E-state index in [4.69, 9.17) is 4.74 Å². The molecule has 1 aliphatic rings. The van der Waals surface area contributed by atoms with Gasteiger partial charge in [-0.3, -0.25) is 0 Å². The number of benzene rings is 2. The standard InChI is InChI=1S/C20H17NO2/c1-23-20(22)19-17(14-8-3-2-4-9-14)16-12-11-13-7-5-6-10-15(13)18(16)21-19/h2-10,21H,11-12H2,1H3. The van der Waals surface area contributed by atoms with E-state index < -0.39 is 0 Å². The summed E-state index contributed by atoms with van der Waals surface area (Å²) in [6.45, 7) is 0. The highest BCUT2D eigenvalue weighted by Crippen LogP contribution is 2.40. The van der Waals surface area contributed by atoms with Crippen molar-refractivity contribution < 1.29 is 9.53 Å². The summed E-state index contributed by atoms with van der Waals surface area (Å²) in [5.74, 6) is -0.323. The molecule has 3 heteroatoms. The van der Waals surface area contributed by atoms with Gasteiger partial charge in [0.15, 0.2) is 0 Å². The van der Waals surface area contributed by atoms with Crippen molar-refractivity contribution in [2.75, 3.05) is 7.11 Å². The molecular formula is C20H17NO2. The third-order valence-electron chi connectivity index (χ3n) is 4.49. The van der Waals surface area contributed by atoms with Crippen LogP contribution in [0.4, 0.5) is 0 Å². The Morgan fingerprint density at radius 1 is 1.00 bits per heavy atom. The molecule has 4 rings (SSSR count). The maximum Gasteiger partial charge on any atom is 0.355 e. The van der Waals surface area contributed by atoms with Crippen LogP contribution in [0.1, 0.15) is 21.6 Å². The summed E-state index contributed by atoms with van der Waals surface area (Å²) in [7, 11) is 1.42. The largest absolute Gasteiger partial charge is 0.464 e. The van der Waals surface area contributed by atoms with Crippen LogP contribution in [0.15, 0.2) is 54.6 Å². The van der Waals surface area contributed by atoms with E-state index in [9.17, 15) is 4.79 Å². The van der Waals surface area contributed by atoms with E-state index in [0.717, 1.165) is 29.7 Å². The summed E-state index contributed by atoms with van der Waals surface area (Å²) < 4.78 is 4.99. The highest BCUT2D eigenvalue weighted by molar-refractivity contribution is 5.99. The first-order chi connectivity index (χ1) is 11.3. The lowest BCUT2D eigenvalue weighted by atomic mass is 9.87. The normalized spacial score (nSPS) is 12.4. The smallest absolute Gasteiger partial charge is 0.355 e. The molecule has 1 aliphatic carbocycles. The highest BCUT2D eigenvalue weighted by Gasteiger charge is 2.27. The van der Waals surface area contributed by atoms with Crippen molar-refractivity contribution in [1.82, 2.24) is 4.98 Å². The molecule has 3 nitrogen and oxygen atoms in total. The van der Waals surface area contributed by atoms with E-state index in [2.05, 4.69) is 23.2 Å². The minimum atomic E-state index is -0.323. The quantitative estimate of drug-likeness (QED) is 0.720. The SMILES string of the molecule is COC(=O)c1[nH]c2c(c1-c1ccccc1)CCc1ccccc1-2. The van der Waals surface area contributed by atoms with Crippen molar-refractivity contribution in [2.24, 2.45) is 0 Å². The van der Waals surface area contributed by atoms with Gasteiger partial charge in [-0.2, -0.15) is 0 Å². The van der Waals surface area contributed by atoms with Crippen molar-refractivity contribution in [2.45, 2.75) is 12.8 Å². The van der Waals surface area contributed by atoms with E-state index >= 15 is 0 Å². The van der Waals surface area contributed by atoms with Crippen LogP contribution in [-0.2, 0) is 17.6 Å². The first kappa shape index (κ1) is 13.8. The molecule has 0 radical (unpaired) electrons. The molecule has 1 N–H and O–H groups in total. The van der Waals surface area contributed by atoms with Crippen LogP contribution in [0, 0.1) is 0 Å². The van der Waals surface area contributed by atoms with Crippen molar-refractivity contribution in [3.8, 4) is 22.4 Å². The van der Waals surface area contributed by atoms with Gasteiger partial charge in [-0.1, -0.05) is 54.6 Å². The van der Waals surface area contributed by atoms with E-state index in [1.807, 2.05) is 36.4 Å². The van der Waals surface area contributed by atoms with Gasteiger partial charge in [0, 0.05) is 11.1 Å². The Labute approximate surface area is 134 Å². The van der Waals surface area contributed by atoms with Gasteiger partial charge in [0.1, 0.15) is 5.69 Å². The van der Waals surface area contributed by atoms with Gasteiger partial charge in [-0.05, 0) is 29.5 Å². The fourth-order valence-electron chi connectivity index (χ4n) is 3.44. The Hall–Kier alpha value is -2.81. The van der Waals surface area contributed by atoms with Crippen LogP contribution in [0.25, 0.3) is 22.4 Å². The number of hydrogen-bond acceptors (Lipinski definition) is 2. The van der Waals surface area contributed by atoms with Gasteiger partial charge in [0.2, 0.25) is 0 Å². The number of esters is 1. The first-order valence-electron chi connectivity index (χ1n) is 7.76. The molecule has 0 bridgehead atoms. The second-order valence-electron chi connectivity index (χ2n) is 5.74. The lowest BCUT2D eigenvalue weighted by molar-refractivity contribution is 0.0596. The summed E-state index contributed by atoms with van der Waals surface area (Å²) in [6.07, 6.45) is 1.91. The average Bonchev–Trinajstić information content (AvgIpc) is 3.01. The Morgan fingerprint density at radius 3 is 2.52 bits per heavy atom. The minimum absolute atomic E-state index is 0.323. The molecule has 0 saturated carbocycles. The highest BCUT2D eigenvalue weighted by atomic mass is 16.5. The molecule has 0 fully saturated rings. The van der Waals surface area contributed by atoms with Gasteiger partial charge in [-0.25, -0.2) is 4.79 Å². The number of hydrogen-bond donors (Lipinski definition) is 1. The Balaban J connectivity index is 2.00. The maximum absolute atomic E-state index is 12.3. The number of methoxy groups -OCH3 is 1. The second kappa shape index (κ2) is 5.43. The van der Waals surface area contributed by atoms with Crippen molar-refractivity contribution in [3.63, 3.8) is 0 Å². The molecule has 23 heavy (non-hydrogen) atoms. The minimum Gasteiger partial charge on any atom is -0.464 e. The lowest BCUT2D eigenvalue weighted by Crippen LogP contribution is -2.04. The fraction of sp³-hybridized carbons (Fsp3) is 0.150. The van der Waals surface area contributed by atoms with Crippen molar-refractivity contribution in [3.05, 3.63) is 71.4 Å². The molecule has 0 atom stereocenters. The molecule has 3 aromatic rings. The maximum atomic E-state index is 12.3. The Morgan fingerprint density at radius 2 is 1.74 bits per heavy atom. The number of fused-ring (bicyclic) bond motifs is 3. The molecule has 0 spiro atoms. The Kier molecular flexibility index (Phi) is 3.27. The first-order valence-corrected chi connectivity index (χ1v) is 7.76. The van der Waals surface area contributed by atoms with Gasteiger partial charge in [-0.15, -0.1) is 0 Å². The van der Waals surface area contributed by atoms with Gasteiger partial charge < -0.3 is 9.72 Å². The zero-order chi connectivity index (χ0) is 15.8. The fourth-order valence-corrected chi connectivity index (χ4v) is 3.44. The lowest BCUT2D eigenvalue weighted by Gasteiger charge is -2.17. The summed E-state index contributed by atoms with van der Waals surface area (Å²) in [5, 5.41) is 0. The molecule has 0 saturated heterocycles. The van der Waals surface area contributed by atoms with E-state index in [-0.39, 0.29) is 5.97 Å². The Bertz CT molecular complexity index is 878. The zero-order valence-electron chi connectivity index (χ0n) is 12.9. The monoisotopic (exact) mass is 303 g/mol. The second-order valence-corrected chi connectivity index (χ2v) is 5.74. The predicted molar refractivity (Wildman–Crippen MR) is 90.4 cm³/mol. The van der Waals surface area contributed by atoms with Crippen LogP contribution in [-0.4, -0.2) is 18.1 Å². The van der Waals surface area contributed by atoms with Crippen LogP contribution in [0.5, 0.6) is 0 Å². The van der Waals surface area contributed by atoms with E-state index in [1.165, 1.54) is 23.8 Å². The summed E-state index contributed by atoms with van der Waals surface area (Å²) in [5.41, 5.74) is 7.31. The molecule has 0 amide bonds. The third-order valence-corrected chi connectivity index (χ3v) is 4.49. The third kappa shape index (κ3) is 2.16. The number of carbonyl (C=O) groups excluding carboxylic acids is 1. The number of H-pyrrole nitrogens is 1. The number of aromatic nitrogens is 1. The number of aromatic amines is 1. The number of nitrogens with one attached hydrogen (secondary N) is 1. The van der Waals surface area contributed by atoms with E-state index in [1.54, 1.807) is 0 Å². The number of rotatable bonds is 2. The summed E-state index contributed by atoms with van der Waals surface area (Å²) >= 11 is 0. The predicted octanol–water partition coefficient (Wildman–Crippen LogP) is 4.23. The molecule has 0 aliphatic heterocycles. The van der Waals surface area contributed by atoms with Crippen molar-refractivity contribution >= 4 is 5.97 Å². The molecule has 2 aromatic carbocycles.